The van der Waals surface area contributed by atoms with E-state index in [1.54, 1.807) is 30.7 Å². The molecule has 4 aromatic heterocycles. The Balaban J connectivity index is 2.07. The monoisotopic (exact) mass is 345 g/mol. The van der Waals surface area contributed by atoms with Crippen molar-refractivity contribution in [3.8, 4) is 11.1 Å². The van der Waals surface area contributed by atoms with Gasteiger partial charge < -0.3 is 0 Å². The fraction of sp³-hybridized carbons (Fsp3) is 0.125. The normalized spacial score (nSPS) is 12.1. The Hall–Kier alpha value is -3.23. The lowest BCUT2D eigenvalue weighted by Crippen LogP contribution is -2.28. The molecule has 126 valence electrons. The van der Waals surface area contributed by atoms with E-state index >= 15 is 0 Å². The average molecular weight is 345 g/mol. The van der Waals surface area contributed by atoms with Gasteiger partial charge in [-0.05, 0) is 23.8 Å². The molecular weight excluding hydrogens is 335 g/mol. The summed E-state index contributed by atoms with van der Waals surface area (Å²) in [6, 6.07) is 4.94. The zero-order valence-corrected chi connectivity index (χ0v) is 12.6. The van der Waals surface area contributed by atoms with Crippen molar-refractivity contribution >= 4 is 21.9 Å². The predicted molar refractivity (Wildman–Crippen MR) is 84.9 cm³/mol. The number of nitrogens with one attached hydrogen (secondary N) is 1. The summed E-state index contributed by atoms with van der Waals surface area (Å²) in [6.45, 7) is -1.40. The summed E-state index contributed by atoms with van der Waals surface area (Å²) in [5.41, 5.74) is 1.23. The minimum absolute atomic E-state index is 0.0703. The third-order valence-electron chi connectivity index (χ3n) is 3.86. The van der Waals surface area contributed by atoms with E-state index in [1.165, 1.54) is 12.3 Å². The summed E-state index contributed by atoms with van der Waals surface area (Å²) in [4.78, 5) is 20.7. The topological polar surface area (TPSA) is 76.5 Å². The largest absolute Gasteiger partial charge is 0.406 e. The van der Waals surface area contributed by atoms with Gasteiger partial charge in [-0.25, -0.2) is 0 Å². The summed E-state index contributed by atoms with van der Waals surface area (Å²) in [7, 11) is 0. The van der Waals surface area contributed by atoms with Crippen molar-refractivity contribution in [1.29, 1.82) is 0 Å². The van der Waals surface area contributed by atoms with Gasteiger partial charge in [0, 0.05) is 24.2 Å². The Labute approximate surface area is 138 Å². The zero-order chi connectivity index (χ0) is 17.6. The van der Waals surface area contributed by atoms with Gasteiger partial charge in [0.25, 0.3) is 5.56 Å². The number of rotatable bonds is 2. The molecule has 0 unspecified atom stereocenters. The molecule has 1 N–H and O–H groups in total. The number of aromatic amines is 1. The third kappa shape index (κ3) is 2.63. The number of H-pyrrole nitrogens is 1. The molecule has 0 saturated heterocycles. The summed E-state index contributed by atoms with van der Waals surface area (Å²) >= 11 is 0. The molecule has 0 spiro atoms. The summed E-state index contributed by atoms with van der Waals surface area (Å²) in [6.07, 6.45) is 1.35. The average Bonchev–Trinajstić information content (AvgIpc) is 3.08. The van der Waals surface area contributed by atoms with Gasteiger partial charge in [-0.3, -0.25) is 24.4 Å². The zero-order valence-electron chi connectivity index (χ0n) is 12.6. The number of aromatic nitrogens is 5. The lowest BCUT2D eigenvalue weighted by molar-refractivity contribution is -0.140. The van der Waals surface area contributed by atoms with Crippen LogP contribution in [0.2, 0.25) is 0 Å². The van der Waals surface area contributed by atoms with Gasteiger partial charge in [0.1, 0.15) is 12.1 Å². The number of hydrogen-bond donors (Lipinski definition) is 1. The minimum Gasteiger partial charge on any atom is -0.297 e. The van der Waals surface area contributed by atoms with Crippen molar-refractivity contribution in [3.05, 3.63) is 53.3 Å². The molecule has 25 heavy (non-hydrogen) atoms. The van der Waals surface area contributed by atoms with Gasteiger partial charge in [-0.15, -0.1) is 0 Å². The molecule has 4 rings (SSSR count). The number of alkyl halides is 3. The fourth-order valence-electron chi connectivity index (χ4n) is 2.77. The quantitative estimate of drug-likeness (QED) is 0.606. The van der Waals surface area contributed by atoms with Crippen molar-refractivity contribution in [2.24, 2.45) is 0 Å². The van der Waals surface area contributed by atoms with Crippen LogP contribution < -0.4 is 5.56 Å². The van der Waals surface area contributed by atoms with Crippen molar-refractivity contribution < 1.29 is 13.2 Å². The summed E-state index contributed by atoms with van der Waals surface area (Å²) < 4.78 is 39.6. The van der Waals surface area contributed by atoms with Crippen LogP contribution in [0.25, 0.3) is 33.1 Å². The van der Waals surface area contributed by atoms with Gasteiger partial charge >= 0.3 is 6.18 Å². The number of fused-ring (bicyclic) bond motifs is 3. The summed E-state index contributed by atoms with van der Waals surface area (Å²) in [5, 5.41) is 6.47. The van der Waals surface area contributed by atoms with E-state index in [1.807, 2.05) is 0 Å². The molecule has 0 amide bonds. The first kappa shape index (κ1) is 15.3. The second kappa shape index (κ2) is 5.40. The minimum atomic E-state index is -4.54. The summed E-state index contributed by atoms with van der Waals surface area (Å²) in [5.74, 6) is 0. The molecule has 4 heterocycles. The van der Waals surface area contributed by atoms with Crippen LogP contribution in [-0.2, 0) is 6.54 Å². The SMILES string of the molecule is O=c1c2cn[nH]c2c2ncc(-c3ccncc3)cc2n1CC(F)(F)F. The van der Waals surface area contributed by atoms with Crippen LogP contribution >= 0.6 is 0 Å². The molecular formula is C16H10F3N5O. The highest BCUT2D eigenvalue weighted by Gasteiger charge is 2.30. The molecule has 0 aliphatic rings. The second-order valence-electron chi connectivity index (χ2n) is 5.49. The number of hydrogen-bond acceptors (Lipinski definition) is 4. The van der Waals surface area contributed by atoms with Crippen LogP contribution in [0.5, 0.6) is 0 Å². The standard InChI is InChI=1S/C16H10F3N5O/c17-16(18,19)8-24-12-5-10(9-1-3-20-4-2-9)6-21-14(12)13-11(15(24)25)7-22-23-13/h1-7H,8H2,(H,22,23). The van der Waals surface area contributed by atoms with E-state index in [0.29, 0.717) is 15.6 Å². The van der Waals surface area contributed by atoms with Crippen LogP contribution in [0.3, 0.4) is 0 Å². The molecule has 0 saturated carbocycles. The maximum absolute atomic E-state index is 13.0. The Kier molecular flexibility index (Phi) is 3.31. The molecule has 4 aromatic rings. The van der Waals surface area contributed by atoms with Crippen molar-refractivity contribution in [1.82, 2.24) is 24.7 Å². The number of nitrogens with zero attached hydrogens (tertiary/aromatic N) is 4. The first-order valence-corrected chi connectivity index (χ1v) is 7.27. The van der Waals surface area contributed by atoms with Crippen molar-refractivity contribution in [3.63, 3.8) is 0 Å². The van der Waals surface area contributed by atoms with Crippen LogP contribution in [0.1, 0.15) is 0 Å². The van der Waals surface area contributed by atoms with Crippen molar-refractivity contribution in [2.75, 3.05) is 0 Å². The smallest absolute Gasteiger partial charge is 0.297 e. The maximum atomic E-state index is 13.0. The first-order chi connectivity index (χ1) is 11.9. The highest BCUT2D eigenvalue weighted by atomic mass is 19.4. The number of pyridine rings is 3. The molecule has 0 fully saturated rings. The Bertz CT molecular complexity index is 1130. The van der Waals surface area contributed by atoms with E-state index in [0.717, 1.165) is 5.56 Å². The van der Waals surface area contributed by atoms with Gasteiger partial charge in [0.2, 0.25) is 0 Å². The molecule has 6 nitrogen and oxygen atoms in total. The lowest BCUT2D eigenvalue weighted by atomic mass is 10.1. The highest BCUT2D eigenvalue weighted by Crippen LogP contribution is 2.27. The maximum Gasteiger partial charge on any atom is 0.406 e. The lowest BCUT2D eigenvalue weighted by Gasteiger charge is -2.14. The van der Waals surface area contributed by atoms with Gasteiger partial charge in [0.05, 0.1) is 22.6 Å². The highest BCUT2D eigenvalue weighted by molar-refractivity contribution is 6.01. The Morgan fingerprint density at radius 2 is 1.88 bits per heavy atom. The van der Waals surface area contributed by atoms with Crippen LogP contribution in [0.15, 0.2) is 47.8 Å². The molecule has 0 bridgehead atoms. The second-order valence-corrected chi connectivity index (χ2v) is 5.49. The van der Waals surface area contributed by atoms with E-state index in [2.05, 4.69) is 20.2 Å². The van der Waals surface area contributed by atoms with E-state index in [4.69, 9.17) is 0 Å². The number of halogens is 3. The molecule has 0 radical (unpaired) electrons. The van der Waals surface area contributed by atoms with E-state index in [-0.39, 0.29) is 16.4 Å². The third-order valence-corrected chi connectivity index (χ3v) is 3.86. The van der Waals surface area contributed by atoms with Crippen LogP contribution in [0.4, 0.5) is 13.2 Å². The van der Waals surface area contributed by atoms with Gasteiger partial charge in [-0.1, -0.05) is 0 Å². The molecule has 0 atom stereocenters. The fourth-order valence-corrected chi connectivity index (χ4v) is 2.77. The Morgan fingerprint density at radius 1 is 1.12 bits per heavy atom. The van der Waals surface area contributed by atoms with Crippen LogP contribution in [0, 0.1) is 0 Å². The van der Waals surface area contributed by atoms with Crippen LogP contribution in [-0.4, -0.2) is 30.9 Å². The predicted octanol–water partition coefficient (Wildman–Crippen LogP) is 2.90. The van der Waals surface area contributed by atoms with Gasteiger partial charge in [0.15, 0.2) is 0 Å². The van der Waals surface area contributed by atoms with Crippen molar-refractivity contribution in [2.45, 2.75) is 12.7 Å². The molecule has 0 aliphatic heterocycles. The Morgan fingerprint density at radius 3 is 2.60 bits per heavy atom. The first-order valence-electron chi connectivity index (χ1n) is 7.27. The molecule has 9 heteroatoms. The van der Waals surface area contributed by atoms with E-state index < -0.39 is 18.3 Å². The van der Waals surface area contributed by atoms with E-state index in [9.17, 15) is 18.0 Å². The molecule has 0 aromatic carbocycles. The van der Waals surface area contributed by atoms with Gasteiger partial charge in [-0.2, -0.15) is 18.3 Å². The molecule has 0 aliphatic carbocycles.